The second-order valence-corrected chi connectivity index (χ2v) is 8.03. The molecule has 1 spiro atoms. The van der Waals surface area contributed by atoms with Crippen molar-refractivity contribution in [3.05, 3.63) is 64.2 Å². The molecule has 2 aromatic carbocycles. The van der Waals surface area contributed by atoms with E-state index in [0.717, 1.165) is 44.9 Å². The van der Waals surface area contributed by atoms with Crippen LogP contribution in [0.25, 0.3) is 0 Å². The molecule has 1 aliphatic carbocycles. The third-order valence-electron chi connectivity index (χ3n) is 6.11. The van der Waals surface area contributed by atoms with Crippen molar-refractivity contribution in [1.82, 2.24) is 10.2 Å². The molecule has 1 fully saturated rings. The number of hydrogen-bond acceptors (Lipinski definition) is 4. The number of rotatable bonds is 5. The van der Waals surface area contributed by atoms with E-state index in [-0.39, 0.29) is 19.1 Å². The molecule has 2 aliphatic rings. The Bertz CT molecular complexity index is 987. The van der Waals surface area contributed by atoms with Crippen molar-refractivity contribution >= 4 is 11.9 Å². The number of benzene rings is 2. The van der Waals surface area contributed by atoms with Crippen LogP contribution in [0.1, 0.15) is 34.2 Å². The van der Waals surface area contributed by atoms with Crippen molar-refractivity contribution in [3.8, 4) is 5.75 Å². The number of nitrogens with one attached hydrogen (secondary N) is 1. The zero-order valence-corrected chi connectivity index (χ0v) is 17.0. The van der Waals surface area contributed by atoms with Gasteiger partial charge in [-0.25, -0.2) is 4.79 Å². The molecular formula is C23H26N2O4. The third kappa shape index (κ3) is 3.17. The predicted molar refractivity (Wildman–Crippen MR) is 109 cm³/mol. The number of aliphatic hydroxyl groups is 1. The van der Waals surface area contributed by atoms with E-state index in [9.17, 15) is 14.7 Å². The van der Waals surface area contributed by atoms with E-state index in [2.05, 4.69) is 5.32 Å². The number of nitrogens with zero attached hydrogens (tertiary/aromatic N) is 1. The number of carbonyl (C=O) groups is 2. The van der Waals surface area contributed by atoms with Gasteiger partial charge in [-0.1, -0.05) is 36.4 Å². The lowest BCUT2D eigenvalue weighted by atomic mass is 9.92. The van der Waals surface area contributed by atoms with Gasteiger partial charge in [-0.05, 0) is 61.4 Å². The van der Waals surface area contributed by atoms with Crippen LogP contribution >= 0.6 is 0 Å². The van der Waals surface area contributed by atoms with Crippen LogP contribution in [0.5, 0.6) is 5.75 Å². The zero-order chi connectivity index (χ0) is 20.8. The molecule has 6 heteroatoms. The molecule has 0 bridgehead atoms. The first-order valence-electron chi connectivity index (χ1n) is 9.93. The topological polar surface area (TPSA) is 78.9 Å². The van der Waals surface area contributed by atoms with Crippen molar-refractivity contribution in [2.45, 2.75) is 45.3 Å². The third-order valence-corrected chi connectivity index (χ3v) is 6.11. The highest BCUT2D eigenvalue weighted by molar-refractivity contribution is 6.08. The highest BCUT2D eigenvalue weighted by Crippen LogP contribution is 2.41. The summed E-state index contributed by atoms with van der Waals surface area (Å²) in [5, 5.41) is 13.4. The van der Waals surface area contributed by atoms with E-state index in [1.54, 1.807) is 0 Å². The Hall–Kier alpha value is -2.86. The highest BCUT2D eigenvalue weighted by Gasteiger charge is 2.55. The maximum absolute atomic E-state index is 13.2. The number of imide groups is 1. The van der Waals surface area contributed by atoms with Gasteiger partial charge in [0.25, 0.3) is 5.91 Å². The summed E-state index contributed by atoms with van der Waals surface area (Å²) in [7, 11) is 0. The summed E-state index contributed by atoms with van der Waals surface area (Å²) in [6, 6.07) is 11.2. The van der Waals surface area contributed by atoms with Gasteiger partial charge in [0.05, 0.1) is 6.54 Å². The molecule has 0 aromatic heterocycles. The minimum absolute atomic E-state index is 0.00573. The lowest BCUT2D eigenvalue weighted by Crippen LogP contribution is -2.43. The molecule has 3 amide bonds. The number of fused-ring (bicyclic) bond motifs is 2. The molecule has 6 nitrogen and oxygen atoms in total. The first-order chi connectivity index (χ1) is 13.8. The molecule has 2 atom stereocenters. The van der Waals surface area contributed by atoms with E-state index < -0.39 is 17.7 Å². The van der Waals surface area contributed by atoms with Gasteiger partial charge in [0, 0.05) is 0 Å². The van der Waals surface area contributed by atoms with Gasteiger partial charge in [-0.3, -0.25) is 9.69 Å². The van der Waals surface area contributed by atoms with Gasteiger partial charge in [0.1, 0.15) is 24.0 Å². The molecule has 0 radical (unpaired) electrons. The summed E-state index contributed by atoms with van der Waals surface area (Å²) in [4.78, 5) is 26.8. The number of amides is 3. The molecule has 1 saturated heterocycles. The molecule has 4 rings (SSSR count). The molecule has 2 aromatic rings. The van der Waals surface area contributed by atoms with Gasteiger partial charge in [-0.2, -0.15) is 0 Å². The van der Waals surface area contributed by atoms with Crippen LogP contribution in [0, 0.1) is 20.8 Å². The Kier molecular flexibility index (Phi) is 4.82. The largest absolute Gasteiger partial charge is 0.490 e. The van der Waals surface area contributed by atoms with Crippen LogP contribution in [0.4, 0.5) is 4.79 Å². The molecule has 29 heavy (non-hydrogen) atoms. The Morgan fingerprint density at radius 1 is 1.14 bits per heavy atom. The van der Waals surface area contributed by atoms with Gasteiger partial charge in [0.2, 0.25) is 0 Å². The minimum Gasteiger partial charge on any atom is -0.490 e. The van der Waals surface area contributed by atoms with Crippen molar-refractivity contribution in [1.29, 1.82) is 0 Å². The molecule has 1 heterocycles. The zero-order valence-electron chi connectivity index (χ0n) is 17.0. The number of β-amino-alcohol motifs (C(OH)–C–C–N with tert-alkyl or cyclic N) is 1. The summed E-state index contributed by atoms with van der Waals surface area (Å²) < 4.78 is 5.84. The van der Waals surface area contributed by atoms with Crippen LogP contribution in [-0.2, 0) is 16.8 Å². The van der Waals surface area contributed by atoms with Crippen molar-refractivity contribution in [2.75, 3.05) is 13.2 Å². The summed E-state index contributed by atoms with van der Waals surface area (Å²) in [6.07, 6.45) is 0.311. The number of carbonyl (C=O) groups excluding carboxylic acids is 2. The van der Waals surface area contributed by atoms with Crippen LogP contribution in [-0.4, -0.2) is 41.2 Å². The number of urea groups is 1. The lowest BCUT2D eigenvalue weighted by Gasteiger charge is -2.23. The van der Waals surface area contributed by atoms with Crippen LogP contribution in [0.15, 0.2) is 36.4 Å². The van der Waals surface area contributed by atoms with Gasteiger partial charge in [-0.15, -0.1) is 0 Å². The van der Waals surface area contributed by atoms with Crippen molar-refractivity contribution < 1.29 is 19.4 Å². The number of aryl methyl sites for hydroxylation is 3. The highest BCUT2D eigenvalue weighted by atomic mass is 16.5. The average molecular weight is 394 g/mol. The molecular weight excluding hydrogens is 368 g/mol. The fourth-order valence-electron chi connectivity index (χ4n) is 4.35. The van der Waals surface area contributed by atoms with E-state index in [1.165, 1.54) is 0 Å². The Morgan fingerprint density at radius 2 is 1.86 bits per heavy atom. The number of aliphatic hydroxyl groups excluding tert-OH is 1. The monoisotopic (exact) mass is 394 g/mol. The maximum Gasteiger partial charge on any atom is 0.325 e. The molecule has 152 valence electrons. The second-order valence-electron chi connectivity index (χ2n) is 8.03. The number of hydrogen-bond donors (Lipinski definition) is 2. The van der Waals surface area contributed by atoms with Gasteiger partial charge in [0.15, 0.2) is 0 Å². The van der Waals surface area contributed by atoms with Crippen LogP contribution < -0.4 is 10.1 Å². The first kappa shape index (κ1) is 19.5. The molecule has 0 unspecified atom stereocenters. The second kappa shape index (κ2) is 7.19. The summed E-state index contributed by atoms with van der Waals surface area (Å²) in [5.41, 5.74) is 4.05. The SMILES string of the molecule is Cc1ccc(C)c(OC[C@@H](O)CN2C(=O)N[C@@]3(CCc4ccccc43)C2=O)c1C. The molecule has 1 aliphatic heterocycles. The smallest absolute Gasteiger partial charge is 0.325 e. The molecule has 2 N–H and O–H groups in total. The van der Waals surface area contributed by atoms with Crippen LogP contribution in [0.2, 0.25) is 0 Å². The summed E-state index contributed by atoms with van der Waals surface area (Å²) in [6.45, 7) is 5.84. The van der Waals surface area contributed by atoms with Crippen molar-refractivity contribution in [3.63, 3.8) is 0 Å². The van der Waals surface area contributed by atoms with Crippen LogP contribution in [0.3, 0.4) is 0 Å². The van der Waals surface area contributed by atoms with E-state index in [1.807, 2.05) is 57.2 Å². The van der Waals surface area contributed by atoms with Gasteiger partial charge < -0.3 is 15.2 Å². The Morgan fingerprint density at radius 3 is 2.66 bits per heavy atom. The van der Waals surface area contributed by atoms with E-state index in [4.69, 9.17) is 4.74 Å². The van der Waals surface area contributed by atoms with E-state index >= 15 is 0 Å². The quantitative estimate of drug-likeness (QED) is 0.765. The van der Waals surface area contributed by atoms with Crippen molar-refractivity contribution in [2.24, 2.45) is 0 Å². The standard InChI is InChI=1S/C23H26N2O4/c1-14-8-9-15(2)20(16(14)3)29-13-18(26)12-25-21(27)23(24-22(25)28)11-10-17-6-4-5-7-19(17)23/h4-9,18,26H,10-13H2,1-3H3,(H,24,28)/t18-,23+/m0/s1. The minimum atomic E-state index is -1.00. The predicted octanol–water partition coefficient (Wildman–Crippen LogP) is 2.75. The normalized spacial score (nSPS) is 21.4. The lowest BCUT2D eigenvalue weighted by molar-refractivity contribution is -0.132. The number of ether oxygens (including phenoxy) is 1. The Labute approximate surface area is 170 Å². The summed E-state index contributed by atoms with van der Waals surface area (Å²) >= 11 is 0. The maximum atomic E-state index is 13.2. The average Bonchev–Trinajstić information content (AvgIpc) is 3.18. The fourth-order valence-corrected chi connectivity index (χ4v) is 4.35. The van der Waals surface area contributed by atoms with E-state index in [0.29, 0.717) is 6.42 Å². The fraction of sp³-hybridized carbons (Fsp3) is 0.391. The molecule has 0 saturated carbocycles. The first-order valence-corrected chi connectivity index (χ1v) is 9.93. The van der Waals surface area contributed by atoms with Gasteiger partial charge >= 0.3 is 6.03 Å². The summed E-state index contributed by atoms with van der Waals surface area (Å²) in [5.74, 6) is 0.442. The Balaban J connectivity index is 1.46.